The zero-order chi connectivity index (χ0) is 16.0. The van der Waals surface area contributed by atoms with E-state index >= 15 is 0 Å². The molecule has 0 radical (unpaired) electrons. The van der Waals surface area contributed by atoms with Gasteiger partial charge in [0.2, 0.25) is 0 Å². The van der Waals surface area contributed by atoms with Crippen molar-refractivity contribution >= 4 is 11.5 Å². The van der Waals surface area contributed by atoms with E-state index in [1.54, 1.807) is 0 Å². The van der Waals surface area contributed by atoms with Crippen LogP contribution in [0.1, 0.15) is 45.2 Å². The standard InChI is InChI=1S/C17H27N3O/c1-7-16(18)20-15-10-14(9-8-12(15)2)11-19-13(3)21-17(4,5)6/h8-10,19H,3,7,11H2,1-2,4-6H3,(H2,18,20). The van der Waals surface area contributed by atoms with Crippen LogP contribution in [0, 0.1) is 6.92 Å². The molecule has 0 spiro atoms. The molecule has 1 aromatic carbocycles. The second kappa shape index (κ2) is 7.16. The van der Waals surface area contributed by atoms with Gasteiger partial charge >= 0.3 is 0 Å². The quantitative estimate of drug-likeness (QED) is 0.476. The number of benzene rings is 1. The zero-order valence-electron chi connectivity index (χ0n) is 13.8. The van der Waals surface area contributed by atoms with Crippen LogP contribution < -0.4 is 11.1 Å². The maximum atomic E-state index is 5.82. The summed E-state index contributed by atoms with van der Waals surface area (Å²) in [6.45, 7) is 14.5. The molecule has 0 aromatic heterocycles. The average Bonchev–Trinajstić information content (AvgIpc) is 2.37. The number of rotatable bonds is 6. The first-order valence-corrected chi connectivity index (χ1v) is 7.25. The zero-order valence-corrected chi connectivity index (χ0v) is 13.8. The number of ether oxygens (including phenoxy) is 1. The van der Waals surface area contributed by atoms with Crippen LogP contribution in [-0.2, 0) is 11.3 Å². The number of hydrogen-bond donors (Lipinski definition) is 2. The molecule has 0 saturated heterocycles. The van der Waals surface area contributed by atoms with E-state index in [4.69, 9.17) is 10.5 Å². The number of nitrogens with two attached hydrogens (primary N) is 1. The largest absolute Gasteiger partial charge is 0.474 e. The van der Waals surface area contributed by atoms with E-state index in [9.17, 15) is 0 Å². The van der Waals surface area contributed by atoms with Crippen molar-refractivity contribution in [3.8, 4) is 0 Å². The van der Waals surface area contributed by atoms with Crippen molar-refractivity contribution in [2.45, 2.75) is 53.2 Å². The minimum atomic E-state index is -0.248. The second-order valence-electron chi connectivity index (χ2n) is 6.07. The van der Waals surface area contributed by atoms with Crippen molar-refractivity contribution < 1.29 is 4.74 Å². The van der Waals surface area contributed by atoms with Crippen LogP contribution >= 0.6 is 0 Å². The van der Waals surface area contributed by atoms with Crippen LogP contribution in [0.4, 0.5) is 5.69 Å². The van der Waals surface area contributed by atoms with Crippen LogP contribution in [0.2, 0.25) is 0 Å². The Hall–Kier alpha value is -1.97. The molecule has 0 aliphatic rings. The first kappa shape index (κ1) is 17.1. The van der Waals surface area contributed by atoms with E-state index < -0.39 is 0 Å². The van der Waals surface area contributed by atoms with E-state index in [2.05, 4.69) is 23.0 Å². The van der Waals surface area contributed by atoms with Gasteiger partial charge in [0.25, 0.3) is 0 Å². The van der Waals surface area contributed by atoms with E-state index in [-0.39, 0.29) is 5.60 Å². The van der Waals surface area contributed by atoms with Gasteiger partial charge in [-0.05, 0) is 51.5 Å². The van der Waals surface area contributed by atoms with Gasteiger partial charge in [0.1, 0.15) is 5.60 Å². The monoisotopic (exact) mass is 289 g/mol. The van der Waals surface area contributed by atoms with Crippen LogP contribution in [0.25, 0.3) is 0 Å². The molecule has 21 heavy (non-hydrogen) atoms. The van der Waals surface area contributed by atoms with Gasteiger partial charge in [-0.2, -0.15) is 0 Å². The molecule has 4 nitrogen and oxygen atoms in total. The summed E-state index contributed by atoms with van der Waals surface area (Å²) in [6.07, 6.45) is 0.748. The summed E-state index contributed by atoms with van der Waals surface area (Å²) >= 11 is 0. The lowest BCUT2D eigenvalue weighted by Gasteiger charge is -2.23. The highest BCUT2D eigenvalue weighted by Crippen LogP contribution is 2.21. The number of hydrogen-bond acceptors (Lipinski definition) is 3. The van der Waals surface area contributed by atoms with Gasteiger partial charge in [-0.3, -0.25) is 0 Å². The number of aliphatic imine (C=N–C) groups is 1. The normalized spacial score (nSPS) is 12.1. The Morgan fingerprint density at radius 2 is 2.05 bits per heavy atom. The van der Waals surface area contributed by atoms with Crippen molar-refractivity contribution in [3.05, 3.63) is 41.8 Å². The van der Waals surface area contributed by atoms with Crippen LogP contribution in [-0.4, -0.2) is 11.4 Å². The highest BCUT2D eigenvalue weighted by atomic mass is 16.5. The Balaban J connectivity index is 2.73. The Labute approximate surface area is 128 Å². The van der Waals surface area contributed by atoms with Gasteiger partial charge in [0.15, 0.2) is 5.88 Å². The average molecular weight is 289 g/mol. The van der Waals surface area contributed by atoms with Gasteiger partial charge in [0.05, 0.1) is 11.5 Å². The lowest BCUT2D eigenvalue weighted by Crippen LogP contribution is -2.25. The molecule has 0 bridgehead atoms. The van der Waals surface area contributed by atoms with Crippen molar-refractivity contribution in [3.63, 3.8) is 0 Å². The van der Waals surface area contributed by atoms with Crippen LogP contribution in [0.15, 0.2) is 35.7 Å². The van der Waals surface area contributed by atoms with Gasteiger partial charge in [-0.15, -0.1) is 0 Å². The Bertz CT molecular complexity index is 527. The summed E-state index contributed by atoms with van der Waals surface area (Å²) in [7, 11) is 0. The molecule has 1 rings (SSSR count). The molecular weight excluding hydrogens is 262 g/mol. The number of aryl methyl sites for hydroxylation is 1. The Kier molecular flexibility index (Phi) is 5.82. The fraction of sp³-hybridized carbons (Fsp3) is 0.471. The third kappa shape index (κ3) is 6.34. The van der Waals surface area contributed by atoms with E-state index in [0.717, 1.165) is 23.2 Å². The fourth-order valence-electron chi connectivity index (χ4n) is 1.73. The van der Waals surface area contributed by atoms with E-state index in [1.165, 1.54) is 0 Å². The molecule has 116 valence electrons. The summed E-state index contributed by atoms with van der Waals surface area (Å²) in [5, 5.41) is 3.17. The molecule has 0 amide bonds. The minimum absolute atomic E-state index is 0.248. The van der Waals surface area contributed by atoms with Crippen molar-refractivity contribution in [2.75, 3.05) is 0 Å². The molecule has 4 heteroatoms. The van der Waals surface area contributed by atoms with Gasteiger partial charge in [-0.1, -0.05) is 19.1 Å². The third-order valence-electron chi connectivity index (χ3n) is 2.82. The predicted molar refractivity (Wildman–Crippen MR) is 89.6 cm³/mol. The summed E-state index contributed by atoms with van der Waals surface area (Å²) in [6, 6.07) is 6.15. The Morgan fingerprint density at radius 3 is 2.62 bits per heavy atom. The SMILES string of the molecule is C=C(NCc1ccc(C)c(N=C(N)CC)c1)OC(C)(C)C. The molecule has 0 aliphatic heterocycles. The number of amidine groups is 1. The molecule has 1 aromatic rings. The summed E-state index contributed by atoms with van der Waals surface area (Å²) in [5.41, 5.74) is 8.71. The van der Waals surface area contributed by atoms with Crippen molar-refractivity contribution in [1.29, 1.82) is 0 Å². The van der Waals surface area contributed by atoms with Gasteiger partial charge < -0.3 is 15.8 Å². The molecule has 0 fully saturated rings. The minimum Gasteiger partial charge on any atom is -0.474 e. The van der Waals surface area contributed by atoms with Crippen LogP contribution in [0.5, 0.6) is 0 Å². The highest BCUT2D eigenvalue weighted by Gasteiger charge is 2.12. The molecule has 0 saturated carbocycles. The fourth-order valence-corrected chi connectivity index (χ4v) is 1.73. The molecule has 0 aliphatic carbocycles. The highest BCUT2D eigenvalue weighted by molar-refractivity contribution is 5.83. The lowest BCUT2D eigenvalue weighted by atomic mass is 10.1. The third-order valence-corrected chi connectivity index (χ3v) is 2.82. The first-order valence-electron chi connectivity index (χ1n) is 7.25. The smallest absolute Gasteiger partial charge is 0.180 e. The topological polar surface area (TPSA) is 59.6 Å². The van der Waals surface area contributed by atoms with E-state index in [0.29, 0.717) is 18.3 Å². The summed E-state index contributed by atoms with van der Waals surface area (Å²) < 4.78 is 5.64. The first-order chi connectivity index (χ1) is 9.71. The maximum Gasteiger partial charge on any atom is 0.180 e. The lowest BCUT2D eigenvalue weighted by molar-refractivity contribution is 0.0410. The van der Waals surface area contributed by atoms with Crippen LogP contribution in [0.3, 0.4) is 0 Å². The van der Waals surface area contributed by atoms with Crippen molar-refractivity contribution in [2.24, 2.45) is 10.7 Å². The summed E-state index contributed by atoms with van der Waals surface area (Å²) in [4.78, 5) is 4.44. The van der Waals surface area contributed by atoms with Crippen molar-refractivity contribution in [1.82, 2.24) is 5.32 Å². The number of nitrogens with zero attached hydrogens (tertiary/aromatic N) is 1. The molecule has 0 unspecified atom stereocenters. The molecule has 0 atom stereocenters. The number of nitrogens with one attached hydrogen (secondary N) is 1. The molecule has 0 heterocycles. The maximum absolute atomic E-state index is 5.82. The predicted octanol–water partition coefficient (Wildman–Crippen LogP) is 3.77. The summed E-state index contributed by atoms with van der Waals surface area (Å²) in [5.74, 6) is 1.21. The van der Waals surface area contributed by atoms with Gasteiger partial charge in [-0.25, -0.2) is 4.99 Å². The van der Waals surface area contributed by atoms with Gasteiger partial charge in [0, 0.05) is 13.0 Å². The Morgan fingerprint density at radius 1 is 1.38 bits per heavy atom. The molecule has 3 N–H and O–H groups in total. The van der Waals surface area contributed by atoms with E-state index in [1.807, 2.05) is 46.8 Å². The molecular formula is C17H27N3O. The second-order valence-corrected chi connectivity index (χ2v) is 6.07.